The van der Waals surface area contributed by atoms with Crippen LogP contribution in [0.5, 0.6) is 0 Å². The van der Waals surface area contributed by atoms with E-state index in [0.29, 0.717) is 12.0 Å². The smallest absolute Gasteiger partial charge is 0.417 e. The minimum absolute atomic E-state index is 0.225. The number of nitrogens with zero attached hydrogens (tertiary/aromatic N) is 2. The van der Waals surface area contributed by atoms with Gasteiger partial charge in [-0.25, -0.2) is 9.69 Å². The maximum absolute atomic E-state index is 13.5. The number of fused-ring (bicyclic) bond motifs is 1. The summed E-state index contributed by atoms with van der Waals surface area (Å²) >= 11 is 3.13. The molecule has 3 heterocycles. The summed E-state index contributed by atoms with van der Waals surface area (Å²) in [7, 11) is 0. The molecule has 1 aliphatic heterocycles. The summed E-state index contributed by atoms with van der Waals surface area (Å²) in [6.45, 7) is 5.48. The largest absolute Gasteiger partial charge is 0.443 e. The third-order valence-corrected chi connectivity index (χ3v) is 7.55. The lowest BCUT2D eigenvalue weighted by molar-refractivity contribution is -0.0211. The summed E-state index contributed by atoms with van der Waals surface area (Å²) in [5.41, 5.74) is 1.52. The van der Waals surface area contributed by atoms with Crippen LogP contribution in [0.1, 0.15) is 56.0 Å². The number of aromatic nitrogens is 2. The molecule has 1 saturated carbocycles. The predicted molar refractivity (Wildman–Crippen MR) is 106 cm³/mol. The van der Waals surface area contributed by atoms with Gasteiger partial charge >= 0.3 is 6.09 Å². The molecule has 27 heavy (non-hydrogen) atoms. The summed E-state index contributed by atoms with van der Waals surface area (Å²) in [6.07, 6.45) is 6.49. The first-order chi connectivity index (χ1) is 12.8. The Balaban J connectivity index is 1.82. The highest BCUT2D eigenvalue weighted by atomic mass is 32.2. The van der Waals surface area contributed by atoms with Gasteiger partial charge in [0.15, 0.2) is 0 Å². The molecule has 2 amide bonds. The first kappa shape index (κ1) is 18.6. The molecule has 2 aromatic heterocycles. The number of imide groups is 1. The fourth-order valence-electron chi connectivity index (χ4n) is 3.88. The fraction of sp³-hybridized carbons (Fsp3) is 0.526. The molecule has 2 aliphatic rings. The van der Waals surface area contributed by atoms with Crippen molar-refractivity contribution >= 4 is 35.1 Å². The zero-order valence-electron chi connectivity index (χ0n) is 15.9. The number of ether oxygens (including phenoxy) is 1. The molecule has 0 radical (unpaired) electrons. The van der Waals surface area contributed by atoms with Gasteiger partial charge in [0.25, 0.3) is 5.91 Å². The molecule has 2 aromatic rings. The number of carbonyl (C=O) groups excluding carboxylic acids is 2. The Morgan fingerprint density at radius 1 is 1.41 bits per heavy atom. The quantitative estimate of drug-likeness (QED) is 0.732. The van der Waals surface area contributed by atoms with Crippen LogP contribution in [0.2, 0.25) is 0 Å². The van der Waals surface area contributed by atoms with E-state index < -0.39 is 17.2 Å². The summed E-state index contributed by atoms with van der Waals surface area (Å²) in [6, 6.07) is 1.92. The summed E-state index contributed by atoms with van der Waals surface area (Å²) in [4.78, 5) is 28.9. The Hall–Kier alpha value is -1.80. The molecule has 1 spiro atoms. The first-order valence-electron chi connectivity index (χ1n) is 9.03. The Kier molecular flexibility index (Phi) is 4.38. The van der Waals surface area contributed by atoms with E-state index in [2.05, 4.69) is 10.2 Å². The predicted octanol–water partition coefficient (Wildman–Crippen LogP) is 4.72. The fourth-order valence-corrected chi connectivity index (χ4v) is 5.89. The van der Waals surface area contributed by atoms with E-state index in [0.717, 1.165) is 39.6 Å². The number of rotatable bonds is 2. The third kappa shape index (κ3) is 2.99. The summed E-state index contributed by atoms with van der Waals surface area (Å²) < 4.78 is 6.53. The van der Waals surface area contributed by atoms with Crippen LogP contribution in [-0.4, -0.2) is 44.5 Å². The number of H-pyrrole nitrogens is 1. The van der Waals surface area contributed by atoms with E-state index in [1.807, 2.05) is 33.1 Å². The molecule has 4 rings (SSSR count). The molecule has 8 heteroatoms. The molecular formula is C19H23N3O3S2. The van der Waals surface area contributed by atoms with Gasteiger partial charge in [-0.2, -0.15) is 5.10 Å². The molecule has 1 N–H and O–H groups in total. The number of amides is 2. The molecular weight excluding hydrogens is 382 g/mol. The molecule has 1 fully saturated rings. The number of aromatic amines is 1. The number of carbonyl (C=O) groups is 2. The van der Waals surface area contributed by atoms with Gasteiger partial charge in [0.2, 0.25) is 0 Å². The molecule has 6 nitrogen and oxygen atoms in total. The van der Waals surface area contributed by atoms with Crippen LogP contribution in [-0.2, 0) is 11.2 Å². The van der Waals surface area contributed by atoms with Gasteiger partial charge < -0.3 is 4.74 Å². The van der Waals surface area contributed by atoms with Crippen molar-refractivity contribution in [3.05, 3.63) is 23.4 Å². The third-order valence-electron chi connectivity index (χ3n) is 5.16. The second-order valence-corrected chi connectivity index (χ2v) is 10.2. The Labute approximate surface area is 166 Å². The molecule has 0 saturated heterocycles. The summed E-state index contributed by atoms with van der Waals surface area (Å²) in [5.74, 6) is -0.225. The highest BCUT2D eigenvalue weighted by Gasteiger charge is 2.54. The van der Waals surface area contributed by atoms with Gasteiger partial charge in [-0.1, -0.05) is 0 Å². The Bertz CT molecular complexity index is 892. The van der Waals surface area contributed by atoms with Crippen LogP contribution >= 0.6 is 23.1 Å². The number of thiophene rings is 1. The second kappa shape index (κ2) is 6.38. The minimum Gasteiger partial charge on any atom is -0.443 e. The van der Waals surface area contributed by atoms with Crippen LogP contribution in [0.3, 0.4) is 0 Å². The number of nitrogens with one attached hydrogen (secondary N) is 1. The van der Waals surface area contributed by atoms with Crippen molar-refractivity contribution in [2.45, 2.75) is 61.8 Å². The molecule has 144 valence electrons. The van der Waals surface area contributed by atoms with Crippen molar-refractivity contribution in [2.24, 2.45) is 0 Å². The van der Waals surface area contributed by atoms with Crippen molar-refractivity contribution in [3.63, 3.8) is 0 Å². The van der Waals surface area contributed by atoms with E-state index in [9.17, 15) is 9.59 Å². The van der Waals surface area contributed by atoms with Crippen molar-refractivity contribution in [1.29, 1.82) is 0 Å². The van der Waals surface area contributed by atoms with Crippen LogP contribution in [0.25, 0.3) is 10.6 Å². The molecule has 0 aromatic carbocycles. The van der Waals surface area contributed by atoms with Crippen LogP contribution < -0.4 is 0 Å². The lowest BCUT2D eigenvalue weighted by Crippen LogP contribution is -2.63. The van der Waals surface area contributed by atoms with Crippen molar-refractivity contribution in [1.82, 2.24) is 15.1 Å². The molecule has 0 unspecified atom stereocenters. The van der Waals surface area contributed by atoms with Gasteiger partial charge in [-0.05, 0) is 64.3 Å². The standard InChI is InChI=1S/C19H23N3O3S2/c1-18(2,3)25-17(24)22-15(23)13-11(10-19(22)7-5-8-19)14(27-16(13)26-4)12-6-9-20-21-12/h6,9H,5,7-8,10H2,1-4H3,(H,20,21). The van der Waals surface area contributed by atoms with E-state index >= 15 is 0 Å². The number of thioether (sulfide) groups is 1. The molecule has 1 aliphatic carbocycles. The normalized spacial score (nSPS) is 18.4. The molecule has 0 bridgehead atoms. The molecule has 0 atom stereocenters. The van der Waals surface area contributed by atoms with Gasteiger partial charge in [-0.15, -0.1) is 23.1 Å². The minimum atomic E-state index is -0.638. The Morgan fingerprint density at radius 2 is 2.15 bits per heavy atom. The first-order valence-corrected chi connectivity index (χ1v) is 11.1. The average Bonchev–Trinajstić information content (AvgIpc) is 3.18. The van der Waals surface area contributed by atoms with E-state index in [1.54, 1.807) is 29.3 Å². The highest BCUT2D eigenvalue weighted by Crippen LogP contribution is 2.51. The zero-order valence-corrected chi connectivity index (χ0v) is 17.6. The maximum atomic E-state index is 13.5. The van der Waals surface area contributed by atoms with E-state index in [-0.39, 0.29) is 5.91 Å². The monoisotopic (exact) mass is 405 g/mol. The second-order valence-electron chi connectivity index (χ2n) is 8.12. The SMILES string of the molecule is CSc1sc(-c2ccn[nH]2)c2c1C(=O)N(C(=O)OC(C)(C)C)C1(CCC1)C2. The van der Waals surface area contributed by atoms with Crippen LogP contribution in [0, 0.1) is 0 Å². The summed E-state index contributed by atoms with van der Waals surface area (Å²) in [5, 5.41) is 7.08. The Morgan fingerprint density at radius 3 is 2.67 bits per heavy atom. The van der Waals surface area contributed by atoms with E-state index in [1.165, 1.54) is 4.90 Å². The highest BCUT2D eigenvalue weighted by molar-refractivity contribution is 8.00. The number of hydrogen-bond donors (Lipinski definition) is 1. The van der Waals surface area contributed by atoms with Gasteiger partial charge in [0.05, 0.1) is 25.9 Å². The van der Waals surface area contributed by atoms with E-state index in [4.69, 9.17) is 4.74 Å². The van der Waals surface area contributed by atoms with Crippen LogP contribution in [0.15, 0.2) is 16.5 Å². The van der Waals surface area contributed by atoms with Gasteiger partial charge in [0, 0.05) is 6.20 Å². The maximum Gasteiger partial charge on any atom is 0.417 e. The topological polar surface area (TPSA) is 75.3 Å². The van der Waals surface area contributed by atoms with Crippen molar-refractivity contribution in [3.8, 4) is 10.6 Å². The van der Waals surface area contributed by atoms with Crippen molar-refractivity contribution < 1.29 is 14.3 Å². The van der Waals surface area contributed by atoms with Gasteiger partial charge in [-0.3, -0.25) is 9.89 Å². The number of hydrogen-bond acceptors (Lipinski definition) is 6. The van der Waals surface area contributed by atoms with Gasteiger partial charge in [0.1, 0.15) is 5.60 Å². The van der Waals surface area contributed by atoms with Crippen LogP contribution in [0.4, 0.5) is 4.79 Å². The lowest BCUT2D eigenvalue weighted by Gasteiger charge is -2.51. The zero-order chi connectivity index (χ0) is 19.4. The van der Waals surface area contributed by atoms with Crippen molar-refractivity contribution in [2.75, 3.05) is 6.26 Å². The lowest BCUT2D eigenvalue weighted by atomic mass is 9.69. The average molecular weight is 406 g/mol.